The van der Waals surface area contributed by atoms with E-state index in [2.05, 4.69) is 25.3 Å². The summed E-state index contributed by atoms with van der Waals surface area (Å²) < 4.78 is 0. The van der Waals surface area contributed by atoms with E-state index in [-0.39, 0.29) is 24.3 Å². The Balaban J connectivity index is 1.41. The van der Waals surface area contributed by atoms with Crippen LogP contribution in [0.25, 0.3) is 0 Å². The van der Waals surface area contributed by atoms with Crippen LogP contribution < -0.4 is 16.0 Å². The highest BCUT2D eigenvalue weighted by Gasteiger charge is 2.56. The van der Waals surface area contributed by atoms with Gasteiger partial charge in [0.05, 0.1) is 12.0 Å². The van der Waals surface area contributed by atoms with Crippen molar-refractivity contribution in [3.05, 3.63) is 72.4 Å². The first-order chi connectivity index (χ1) is 17.4. The number of carbonyl (C=O) groups is 3. The van der Waals surface area contributed by atoms with Crippen molar-refractivity contribution in [3.63, 3.8) is 0 Å². The Morgan fingerprint density at radius 2 is 1.92 bits per heavy atom. The molecule has 0 radical (unpaired) electrons. The maximum atomic E-state index is 13.6. The number of imide groups is 1. The normalized spacial score (nSPS) is 19.8. The number of β-lactam (4-membered cyclic amide) rings is 1. The second kappa shape index (κ2) is 9.68. The number of urea groups is 1. The molecule has 4 amide bonds. The number of carbonyl (C=O) groups excluding carboxylic acids is 3. The Bertz CT molecular complexity index is 1270. The average Bonchev–Trinajstić information content (AvgIpc) is 3.74. The van der Waals surface area contributed by atoms with Gasteiger partial charge in [0, 0.05) is 38.0 Å². The monoisotopic (exact) mass is 486 g/mol. The summed E-state index contributed by atoms with van der Waals surface area (Å²) >= 11 is 0. The number of hydrogen-bond donors (Lipinski definition) is 2. The summed E-state index contributed by atoms with van der Waals surface area (Å²) in [6.07, 6.45) is 10.1. The van der Waals surface area contributed by atoms with E-state index in [1.54, 1.807) is 36.8 Å². The summed E-state index contributed by atoms with van der Waals surface area (Å²) in [6.45, 7) is 0. The highest BCUT2D eigenvalue weighted by atomic mass is 16.2. The van der Waals surface area contributed by atoms with Crippen LogP contribution in [0.15, 0.2) is 61.3 Å². The van der Waals surface area contributed by atoms with Crippen molar-refractivity contribution in [1.82, 2.24) is 30.2 Å². The van der Waals surface area contributed by atoms with Crippen LogP contribution in [0.5, 0.6) is 0 Å². The molecule has 1 saturated carbocycles. The van der Waals surface area contributed by atoms with E-state index < -0.39 is 29.8 Å². The molecule has 2 aliphatic rings. The van der Waals surface area contributed by atoms with Crippen LogP contribution in [-0.2, 0) is 16.0 Å². The van der Waals surface area contributed by atoms with Gasteiger partial charge in [-0.15, -0.1) is 0 Å². The topological polar surface area (TPSA) is 147 Å². The van der Waals surface area contributed by atoms with Crippen molar-refractivity contribution >= 4 is 29.6 Å². The van der Waals surface area contributed by atoms with Crippen molar-refractivity contribution in [2.24, 2.45) is 11.8 Å². The van der Waals surface area contributed by atoms with E-state index in [4.69, 9.17) is 5.73 Å². The number of hydrogen-bond acceptors (Lipinski definition) is 8. The zero-order valence-corrected chi connectivity index (χ0v) is 19.7. The molecule has 5 rings (SSSR count). The Hall–Kier alpha value is -4.41. The lowest BCUT2D eigenvalue weighted by Crippen LogP contribution is -2.70. The Morgan fingerprint density at radius 3 is 2.58 bits per heavy atom. The fraction of sp³-hybridized carbons (Fsp3) is 0.320. The van der Waals surface area contributed by atoms with Gasteiger partial charge in [0.1, 0.15) is 11.9 Å². The zero-order valence-electron chi connectivity index (χ0n) is 19.7. The van der Waals surface area contributed by atoms with Crippen LogP contribution >= 0.6 is 0 Å². The van der Waals surface area contributed by atoms with E-state index in [9.17, 15) is 14.4 Å². The van der Waals surface area contributed by atoms with Gasteiger partial charge in [0.15, 0.2) is 0 Å². The lowest BCUT2D eigenvalue weighted by atomic mass is 9.81. The molecule has 0 aromatic carbocycles. The largest absolute Gasteiger partial charge is 0.384 e. The molecule has 184 valence electrons. The number of anilines is 2. The van der Waals surface area contributed by atoms with Crippen molar-refractivity contribution in [1.29, 1.82) is 0 Å². The number of amides is 4. The summed E-state index contributed by atoms with van der Waals surface area (Å²) in [6, 6.07) is 6.83. The molecule has 3 aromatic heterocycles. The molecule has 11 heteroatoms. The van der Waals surface area contributed by atoms with Gasteiger partial charge >= 0.3 is 6.03 Å². The number of nitrogens with one attached hydrogen (secondary N) is 1. The van der Waals surface area contributed by atoms with Crippen LogP contribution in [0, 0.1) is 11.8 Å². The van der Waals surface area contributed by atoms with Gasteiger partial charge in [-0.1, -0.05) is 6.07 Å². The van der Waals surface area contributed by atoms with Crippen LogP contribution in [0.3, 0.4) is 0 Å². The smallest absolute Gasteiger partial charge is 0.325 e. The predicted molar refractivity (Wildman–Crippen MR) is 130 cm³/mol. The molecule has 1 aliphatic heterocycles. The Morgan fingerprint density at radius 1 is 1.14 bits per heavy atom. The molecule has 0 bridgehead atoms. The minimum absolute atomic E-state index is 0.181. The van der Waals surface area contributed by atoms with Crippen molar-refractivity contribution in [2.75, 3.05) is 17.7 Å². The number of likely N-dealkylation sites (tertiary alicyclic amines) is 1. The Labute approximate surface area is 207 Å². The molecule has 2 unspecified atom stereocenters. The van der Waals surface area contributed by atoms with E-state index in [1.807, 2.05) is 12.1 Å². The quantitative estimate of drug-likeness (QED) is 0.480. The molecular formula is C25H26N8O3. The molecule has 11 nitrogen and oxygen atoms in total. The predicted octanol–water partition coefficient (Wildman–Crippen LogP) is 1.74. The lowest BCUT2D eigenvalue weighted by Gasteiger charge is -2.45. The van der Waals surface area contributed by atoms with Gasteiger partial charge in [-0.05, 0) is 60.6 Å². The molecule has 0 spiro atoms. The van der Waals surface area contributed by atoms with Gasteiger partial charge < -0.3 is 11.1 Å². The SMILES string of the molecule is CN(C(=O)C1[C@@H](Cc2ccnc(N)c2)C(=O)N1C(=O)NC(c1cccnc1)C1CC1)c1ncccn1. The number of rotatable bonds is 7. The lowest BCUT2D eigenvalue weighted by molar-refractivity contribution is -0.156. The van der Waals surface area contributed by atoms with Gasteiger partial charge in [-0.2, -0.15) is 0 Å². The van der Waals surface area contributed by atoms with Gasteiger partial charge in [0.25, 0.3) is 5.91 Å². The maximum absolute atomic E-state index is 13.6. The van der Waals surface area contributed by atoms with E-state index in [0.29, 0.717) is 5.82 Å². The standard InChI is InChI=1S/C25H26N8O3/c1-32(24-29-9-3-10-30-24)23(35)21-18(12-15-7-11-28-19(26)13-15)22(34)33(21)25(36)31-20(16-5-6-16)17-4-2-8-27-14-17/h2-4,7-11,13-14,16,18,20-21H,5-6,12H2,1H3,(H2,26,28)(H,31,36)/t18-,20?,21?/m1/s1. The summed E-state index contributed by atoms with van der Waals surface area (Å²) in [5.74, 6) is -0.860. The van der Waals surface area contributed by atoms with Gasteiger partial charge in [-0.25, -0.2) is 19.7 Å². The first-order valence-corrected chi connectivity index (χ1v) is 11.7. The first kappa shape index (κ1) is 23.3. The fourth-order valence-electron chi connectivity index (χ4n) is 4.56. The van der Waals surface area contributed by atoms with E-state index in [0.717, 1.165) is 28.9 Å². The molecule has 2 fully saturated rings. The molecule has 36 heavy (non-hydrogen) atoms. The van der Waals surface area contributed by atoms with Crippen LogP contribution in [0.1, 0.15) is 30.0 Å². The highest BCUT2D eigenvalue weighted by Crippen LogP contribution is 2.41. The van der Waals surface area contributed by atoms with E-state index in [1.165, 1.54) is 24.3 Å². The number of nitrogens with zero attached hydrogens (tertiary/aromatic N) is 6. The molecule has 3 atom stereocenters. The third-order valence-electron chi connectivity index (χ3n) is 6.59. The highest BCUT2D eigenvalue weighted by molar-refractivity contribution is 6.12. The van der Waals surface area contributed by atoms with E-state index >= 15 is 0 Å². The minimum Gasteiger partial charge on any atom is -0.384 e. The molecule has 4 heterocycles. The zero-order chi connectivity index (χ0) is 25.2. The van der Waals surface area contributed by atoms with Gasteiger partial charge in [0.2, 0.25) is 11.9 Å². The first-order valence-electron chi connectivity index (χ1n) is 11.7. The van der Waals surface area contributed by atoms with Crippen molar-refractivity contribution < 1.29 is 14.4 Å². The summed E-state index contributed by atoms with van der Waals surface area (Å²) in [7, 11) is 1.53. The van der Waals surface area contributed by atoms with Crippen LogP contribution in [0.2, 0.25) is 0 Å². The Kier molecular flexibility index (Phi) is 6.28. The third kappa shape index (κ3) is 4.59. The molecule has 1 saturated heterocycles. The molecular weight excluding hydrogens is 460 g/mol. The van der Waals surface area contributed by atoms with Crippen molar-refractivity contribution in [3.8, 4) is 0 Å². The van der Waals surface area contributed by atoms with Crippen LogP contribution in [0.4, 0.5) is 16.6 Å². The number of nitrogens with two attached hydrogens (primary N) is 1. The maximum Gasteiger partial charge on any atom is 0.325 e. The van der Waals surface area contributed by atoms with Gasteiger partial charge in [-0.3, -0.25) is 24.4 Å². The third-order valence-corrected chi connectivity index (χ3v) is 6.59. The number of pyridine rings is 2. The number of likely N-dealkylation sites (N-methyl/N-ethyl adjacent to an activating group) is 1. The minimum atomic E-state index is -1.02. The second-order valence-electron chi connectivity index (χ2n) is 9.05. The molecule has 3 N–H and O–H groups in total. The summed E-state index contributed by atoms with van der Waals surface area (Å²) in [5.41, 5.74) is 7.42. The molecule has 1 aliphatic carbocycles. The van der Waals surface area contributed by atoms with Crippen molar-refractivity contribution in [2.45, 2.75) is 31.3 Å². The van der Waals surface area contributed by atoms with Crippen LogP contribution in [-0.4, -0.2) is 55.8 Å². The average molecular weight is 487 g/mol. The number of nitrogen functional groups attached to an aromatic ring is 1. The summed E-state index contributed by atoms with van der Waals surface area (Å²) in [4.78, 5) is 59.0. The number of aromatic nitrogens is 4. The summed E-state index contributed by atoms with van der Waals surface area (Å²) in [5, 5.41) is 2.98. The fourth-order valence-corrected chi connectivity index (χ4v) is 4.56. The second-order valence-corrected chi connectivity index (χ2v) is 9.05. The molecule has 3 aromatic rings.